The summed E-state index contributed by atoms with van der Waals surface area (Å²) in [5.74, 6) is -0.768. The standard InChI is InChI=1S/C23H25F4N3O3S/c1-32-12-10-29(21(31)16-2-4-17(5-3-16)23(25,26)27)14-20-15-30(11-13-33-20)22(34)28-19-8-6-18(24)7-9-19/h2-9,20H,10-15H2,1H3,(H,28,34)/t20-/m1/s1. The molecule has 34 heavy (non-hydrogen) atoms. The molecule has 1 amide bonds. The van der Waals surface area contributed by atoms with Gasteiger partial charge in [0.15, 0.2) is 5.11 Å². The number of methoxy groups -OCH3 is 1. The Morgan fingerprint density at radius 1 is 1.21 bits per heavy atom. The summed E-state index contributed by atoms with van der Waals surface area (Å²) < 4.78 is 62.6. The number of carbonyl (C=O) groups excluding carboxylic acids is 1. The topological polar surface area (TPSA) is 54.0 Å². The van der Waals surface area contributed by atoms with Crippen molar-refractivity contribution in [2.75, 3.05) is 51.8 Å². The van der Waals surface area contributed by atoms with E-state index < -0.39 is 17.6 Å². The third-order valence-corrected chi connectivity index (χ3v) is 5.62. The fourth-order valence-electron chi connectivity index (χ4n) is 3.46. The molecule has 0 saturated carbocycles. The summed E-state index contributed by atoms with van der Waals surface area (Å²) in [6.07, 6.45) is -4.85. The van der Waals surface area contributed by atoms with E-state index in [9.17, 15) is 22.4 Å². The van der Waals surface area contributed by atoms with Crippen LogP contribution in [0, 0.1) is 5.82 Å². The number of hydrogen-bond acceptors (Lipinski definition) is 4. The highest BCUT2D eigenvalue weighted by molar-refractivity contribution is 7.80. The maximum atomic E-state index is 13.1. The molecule has 0 bridgehead atoms. The fourth-order valence-corrected chi connectivity index (χ4v) is 3.74. The van der Waals surface area contributed by atoms with Gasteiger partial charge in [-0.15, -0.1) is 0 Å². The Hall–Kier alpha value is -2.76. The highest BCUT2D eigenvalue weighted by Gasteiger charge is 2.31. The van der Waals surface area contributed by atoms with E-state index in [1.54, 1.807) is 12.1 Å². The van der Waals surface area contributed by atoms with Crippen LogP contribution in [0.2, 0.25) is 0 Å². The van der Waals surface area contributed by atoms with Gasteiger partial charge < -0.3 is 24.6 Å². The van der Waals surface area contributed by atoms with Gasteiger partial charge >= 0.3 is 6.18 Å². The second-order valence-corrected chi connectivity index (χ2v) is 8.08. The Morgan fingerprint density at radius 3 is 2.50 bits per heavy atom. The lowest BCUT2D eigenvalue weighted by Crippen LogP contribution is -2.52. The number of alkyl halides is 3. The molecule has 1 atom stereocenters. The molecule has 0 radical (unpaired) electrons. The number of nitrogens with one attached hydrogen (secondary N) is 1. The first-order valence-corrected chi connectivity index (χ1v) is 11.0. The van der Waals surface area contributed by atoms with E-state index in [0.717, 1.165) is 12.1 Å². The number of benzene rings is 2. The van der Waals surface area contributed by atoms with E-state index in [1.165, 1.54) is 36.3 Å². The number of anilines is 1. The SMILES string of the molecule is COCCN(C[C@@H]1CN(C(=S)Nc2ccc(F)cc2)CCO1)C(=O)c1ccc(C(F)(F)F)cc1. The highest BCUT2D eigenvalue weighted by Crippen LogP contribution is 2.29. The van der Waals surface area contributed by atoms with Gasteiger partial charge in [-0.2, -0.15) is 13.2 Å². The average molecular weight is 500 g/mol. The molecule has 3 rings (SSSR count). The predicted octanol–water partition coefficient (Wildman–Crippen LogP) is 4.03. The van der Waals surface area contributed by atoms with E-state index >= 15 is 0 Å². The predicted molar refractivity (Wildman–Crippen MR) is 123 cm³/mol. The van der Waals surface area contributed by atoms with Gasteiger partial charge in [0.25, 0.3) is 5.91 Å². The second-order valence-electron chi connectivity index (χ2n) is 7.69. The number of amides is 1. The van der Waals surface area contributed by atoms with Crippen LogP contribution in [0.4, 0.5) is 23.2 Å². The van der Waals surface area contributed by atoms with Crippen molar-refractivity contribution in [3.63, 3.8) is 0 Å². The summed E-state index contributed by atoms with van der Waals surface area (Å²) in [6.45, 7) is 2.02. The monoisotopic (exact) mass is 499 g/mol. The highest BCUT2D eigenvalue weighted by atomic mass is 32.1. The van der Waals surface area contributed by atoms with E-state index in [2.05, 4.69) is 5.32 Å². The molecule has 2 aromatic carbocycles. The zero-order valence-electron chi connectivity index (χ0n) is 18.5. The number of carbonyl (C=O) groups is 1. The van der Waals surface area contributed by atoms with Crippen LogP contribution in [-0.4, -0.2) is 73.4 Å². The minimum atomic E-state index is -4.48. The van der Waals surface area contributed by atoms with Gasteiger partial charge in [0.2, 0.25) is 0 Å². The van der Waals surface area contributed by atoms with Crippen molar-refractivity contribution < 1.29 is 31.8 Å². The number of thiocarbonyl (C=S) groups is 1. The van der Waals surface area contributed by atoms with Crippen molar-refractivity contribution in [3.05, 3.63) is 65.5 Å². The van der Waals surface area contributed by atoms with Crippen molar-refractivity contribution in [1.29, 1.82) is 0 Å². The van der Waals surface area contributed by atoms with Crippen LogP contribution < -0.4 is 5.32 Å². The van der Waals surface area contributed by atoms with E-state index in [1.807, 2.05) is 4.90 Å². The summed E-state index contributed by atoms with van der Waals surface area (Å²) in [5.41, 5.74) is -0.0279. The molecule has 6 nitrogen and oxygen atoms in total. The summed E-state index contributed by atoms with van der Waals surface area (Å²) >= 11 is 5.47. The van der Waals surface area contributed by atoms with Gasteiger partial charge in [-0.3, -0.25) is 4.79 Å². The molecule has 0 spiro atoms. The molecule has 1 aliphatic rings. The van der Waals surface area contributed by atoms with Crippen molar-refractivity contribution in [1.82, 2.24) is 9.80 Å². The fraction of sp³-hybridized carbons (Fsp3) is 0.391. The largest absolute Gasteiger partial charge is 0.416 e. The molecule has 1 N–H and O–H groups in total. The smallest absolute Gasteiger partial charge is 0.383 e. The lowest BCUT2D eigenvalue weighted by Gasteiger charge is -2.37. The molecule has 184 valence electrons. The maximum absolute atomic E-state index is 13.1. The number of ether oxygens (including phenoxy) is 2. The summed E-state index contributed by atoms with van der Waals surface area (Å²) in [6, 6.07) is 9.92. The third-order valence-electron chi connectivity index (χ3n) is 5.26. The minimum absolute atomic E-state index is 0.144. The first-order valence-electron chi connectivity index (χ1n) is 10.6. The van der Waals surface area contributed by atoms with Crippen LogP contribution in [0.3, 0.4) is 0 Å². The molecule has 0 aromatic heterocycles. The molecule has 0 unspecified atom stereocenters. The first kappa shape index (κ1) is 25.9. The summed E-state index contributed by atoms with van der Waals surface area (Å²) in [7, 11) is 1.50. The van der Waals surface area contributed by atoms with E-state index in [0.29, 0.717) is 30.5 Å². The van der Waals surface area contributed by atoms with Gasteiger partial charge in [-0.05, 0) is 60.7 Å². The number of nitrogens with zero attached hydrogens (tertiary/aromatic N) is 2. The lowest BCUT2D eigenvalue weighted by atomic mass is 10.1. The van der Waals surface area contributed by atoms with Crippen LogP contribution in [0.25, 0.3) is 0 Å². The zero-order valence-corrected chi connectivity index (χ0v) is 19.3. The van der Waals surface area contributed by atoms with E-state index in [-0.39, 0.29) is 37.2 Å². The third kappa shape index (κ3) is 7.12. The Bertz CT molecular complexity index is 971. The molecular weight excluding hydrogens is 474 g/mol. The number of morpholine rings is 1. The zero-order chi connectivity index (χ0) is 24.7. The van der Waals surface area contributed by atoms with Crippen molar-refractivity contribution >= 4 is 28.9 Å². The minimum Gasteiger partial charge on any atom is -0.383 e. The van der Waals surface area contributed by atoms with Crippen molar-refractivity contribution in [3.8, 4) is 0 Å². The Morgan fingerprint density at radius 2 is 1.88 bits per heavy atom. The summed E-state index contributed by atoms with van der Waals surface area (Å²) in [5, 5.41) is 3.50. The van der Waals surface area contributed by atoms with Crippen LogP contribution in [-0.2, 0) is 15.7 Å². The second kappa shape index (κ2) is 11.6. The van der Waals surface area contributed by atoms with Crippen LogP contribution in [0.1, 0.15) is 15.9 Å². The normalized spacial score (nSPS) is 16.3. The lowest BCUT2D eigenvalue weighted by molar-refractivity contribution is -0.137. The Labute approximate surface area is 200 Å². The van der Waals surface area contributed by atoms with Crippen molar-refractivity contribution in [2.24, 2.45) is 0 Å². The van der Waals surface area contributed by atoms with Gasteiger partial charge in [-0.1, -0.05) is 0 Å². The summed E-state index contributed by atoms with van der Waals surface area (Å²) in [4.78, 5) is 16.4. The van der Waals surface area contributed by atoms with Crippen LogP contribution >= 0.6 is 12.2 Å². The molecule has 1 heterocycles. The molecule has 1 aliphatic heterocycles. The number of halogens is 4. The van der Waals surface area contributed by atoms with Crippen LogP contribution in [0.15, 0.2) is 48.5 Å². The molecule has 2 aromatic rings. The van der Waals surface area contributed by atoms with Gasteiger partial charge in [0.1, 0.15) is 5.82 Å². The molecule has 1 saturated heterocycles. The average Bonchev–Trinajstić information content (AvgIpc) is 2.82. The quantitative estimate of drug-likeness (QED) is 0.459. The maximum Gasteiger partial charge on any atom is 0.416 e. The van der Waals surface area contributed by atoms with Gasteiger partial charge in [-0.25, -0.2) is 4.39 Å². The van der Waals surface area contributed by atoms with Crippen LogP contribution in [0.5, 0.6) is 0 Å². The molecule has 1 fully saturated rings. The van der Waals surface area contributed by atoms with Gasteiger partial charge in [0, 0.05) is 44.5 Å². The van der Waals surface area contributed by atoms with E-state index in [4.69, 9.17) is 21.7 Å². The number of rotatable bonds is 7. The molecule has 0 aliphatic carbocycles. The van der Waals surface area contributed by atoms with Gasteiger partial charge in [0.05, 0.1) is 24.9 Å². The molecule has 11 heteroatoms. The number of hydrogen-bond donors (Lipinski definition) is 1. The first-order chi connectivity index (χ1) is 16.2. The Balaban J connectivity index is 1.64. The molecular formula is C23H25F4N3O3S. The Kier molecular flexibility index (Phi) is 8.81. The van der Waals surface area contributed by atoms with Crippen molar-refractivity contribution in [2.45, 2.75) is 12.3 Å².